The molecule has 0 radical (unpaired) electrons. The van der Waals surface area contributed by atoms with Crippen LogP contribution in [0, 0.1) is 41.5 Å². The number of ether oxygens (including phenoxy) is 2. The van der Waals surface area contributed by atoms with Crippen molar-refractivity contribution in [1.29, 1.82) is 0 Å². The molecule has 0 saturated carbocycles. The number of aliphatic hydroxyl groups is 2. The molecule has 0 spiro atoms. The van der Waals surface area contributed by atoms with Crippen LogP contribution in [0.1, 0.15) is 234 Å². The molecule has 6 aromatic rings. The number of carboxylic acids is 1. The van der Waals surface area contributed by atoms with Gasteiger partial charge in [-0.15, -0.1) is 0 Å². The fourth-order valence-electron chi connectivity index (χ4n) is 8.11. The van der Waals surface area contributed by atoms with Crippen LogP contribution in [0.3, 0.4) is 0 Å². The largest absolute Gasteiger partial charge is 0.481 e. The molecule has 0 aromatic carbocycles. The Kier molecular flexibility index (Phi) is 63.3. The molecule has 0 bridgehead atoms. The van der Waals surface area contributed by atoms with Gasteiger partial charge in [-0.05, 0) is 176 Å². The number of alkyl halides is 2. The fourth-order valence-corrected chi connectivity index (χ4v) is 23.6. The van der Waals surface area contributed by atoms with Gasteiger partial charge in [0.05, 0.1) is 23.3 Å². The summed E-state index contributed by atoms with van der Waals surface area (Å²) in [7, 11) is 0. The van der Waals surface area contributed by atoms with Gasteiger partial charge in [0.1, 0.15) is 39.7 Å². The second-order valence-corrected chi connectivity index (χ2v) is 39.3. The van der Waals surface area contributed by atoms with Gasteiger partial charge in [0.25, 0.3) is 5.97 Å². The predicted octanol–water partition coefficient (Wildman–Crippen LogP) is 20.4. The summed E-state index contributed by atoms with van der Waals surface area (Å²) in [6.07, 6.45) is 17.2. The topological polar surface area (TPSA) is 246 Å². The minimum atomic E-state index is -2.24. The number of aromatic nitrogens is 6. The maximum Gasteiger partial charge on any atom is 0.300 e. The Balaban J connectivity index is -0.000000245. The van der Waals surface area contributed by atoms with Gasteiger partial charge in [-0.3, -0.25) is 39.3 Å². The molecule has 0 fully saturated rings. The van der Waals surface area contributed by atoms with Crippen LogP contribution in [-0.2, 0) is 14.3 Å². The van der Waals surface area contributed by atoms with Crippen molar-refractivity contribution in [3.8, 4) is 0 Å². The van der Waals surface area contributed by atoms with Gasteiger partial charge in [0.2, 0.25) is 0 Å². The number of hydrogen-bond acceptors (Lipinski definition) is 15. The molecule has 2 atom stereocenters. The van der Waals surface area contributed by atoms with Crippen LogP contribution in [0.15, 0.2) is 132 Å². The van der Waals surface area contributed by atoms with Crippen molar-refractivity contribution >= 4 is 89.5 Å². The SMILES string of the molecule is C.C.C.C=C(OCC)c1ncccc1C.C=[C](OCC)[Sn]([CH2]CCC)([CH2]CCC)[CH2]CCC.CC(=O)O.CC(=O)c1ncccc1C.CC(C)(C)N.Cc1cccnc1Br.Cc1cccnc1C(=O)CBr.Cc1cccnc1[C@@H](O)CBr.Cc1cccnc1[C@@H](O)CNC(C)(C)C. The monoisotopic (exact) mass is 1650 g/mol. The van der Waals surface area contributed by atoms with E-state index < -0.39 is 36.6 Å². The first-order valence-corrected chi connectivity index (χ1v) is 42.6. The number of hydrogen-bond donors (Lipinski definition) is 5. The van der Waals surface area contributed by atoms with Crippen molar-refractivity contribution < 1.29 is 39.2 Å². The van der Waals surface area contributed by atoms with E-state index >= 15 is 0 Å². The van der Waals surface area contributed by atoms with Gasteiger partial charge >= 0.3 is 120 Å². The number of ketones is 2. The third-order valence-corrected chi connectivity index (χ3v) is 29.9. The molecule has 97 heavy (non-hydrogen) atoms. The van der Waals surface area contributed by atoms with Gasteiger partial charge < -0.3 is 31.1 Å². The quantitative estimate of drug-likeness (QED) is 0.0132. The summed E-state index contributed by atoms with van der Waals surface area (Å²) in [6, 6.07) is 22.9. The number of carbonyl (C=O) groups is 3. The van der Waals surface area contributed by atoms with Crippen molar-refractivity contribution in [2.45, 2.75) is 229 Å². The molecule has 0 aliphatic heterocycles. The smallest absolute Gasteiger partial charge is 0.300 e. The normalized spacial score (nSPS) is 10.6. The third kappa shape index (κ3) is 51.7. The van der Waals surface area contributed by atoms with Gasteiger partial charge in [-0.25, -0.2) is 4.98 Å². The number of nitrogens with zero attached hydrogens (tertiary/aromatic N) is 6. The zero-order valence-corrected chi connectivity index (χ0v) is 67.8. The number of unbranched alkanes of at least 4 members (excludes halogenated alkanes) is 3. The van der Waals surface area contributed by atoms with Crippen LogP contribution in [-0.4, -0.2) is 123 Å². The van der Waals surface area contributed by atoms with Crippen LogP contribution < -0.4 is 11.1 Å². The number of rotatable bonds is 23. The number of Topliss-reactive ketones (excluding diaryl/α,β-unsaturated/α-hetero) is 2. The molecule has 6 rings (SSSR count). The zero-order valence-electron chi connectivity index (χ0n) is 60.1. The summed E-state index contributed by atoms with van der Waals surface area (Å²) in [5.74, 6) is -0.128. The Morgan fingerprint density at radius 1 is 0.557 bits per heavy atom. The van der Waals surface area contributed by atoms with E-state index in [9.17, 15) is 19.8 Å². The molecule has 0 aliphatic rings. The molecule has 6 heterocycles. The van der Waals surface area contributed by atoms with E-state index in [1.54, 1.807) is 37.2 Å². The maximum atomic E-state index is 11.1. The zero-order chi connectivity index (χ0) is 72.5. The number of carboxylic acid groups (broad SMARTS) is 1. The van der Waals surface area contributed by atoms with E-state index in [0.29, 0.717) is 41.0 Å². The van der Waals surface area contributed by atoms with Crippen molar-refractivity contribution in [2.24, 2.45) is 5.73 Å². The number of aliphatic carboxylic acids is 1. The number of aryl methyl sites for hydroxylation is 6. The Bertz CT molecular complexity index is 3000. The van der Waals surface area contributed by atoms with Crippen molar-refractivity contribution in [3.05, 3.63) is 193 Å². The van der Waals surface area contributed by atoms with Crippen molar-refractivity contribution in [2.75, 3.05) is 30.4 Å². The van der Waals surface area contributed by atoms with Gasteiger partial charge in [-0.2, -0.15) is 0 Å². The third-order valence-electron chi connectivity index (χ3n) is 12.9. The molecule has 0 aliphatic carbocycles. The van der Waals surface area contributed by atoms with Gasteiger partial charge in [0, 0.05) is 74.0 Å². The molecular formula is C77H127Br3N8O8Sn. The number of nitrogens with two attached hydrogens (primary N) is 1. The fraction of sp³-hybridized carbons (Fsp3) is 0.519. The predicted molar refractivity (Wildman–Crippen MR) is 425 cm³/mol. The van der Waals surface area contributed by atoms with E-state index in [0.717, 1.165) is 63.0 Å². The molecule has 16 nitrogen and oxygen atoms in total. The first-order chi connectivity index (χ1) is 44.1. The Morgan fingerprint density at radius 3 is 1.16 bits per heavy atom. The van der Waals surface area contributed by atoms with Crippen LogP contribution in [0.4, 0.5) is 0 Å². The summed E-state index contributed by atoms with van der Waals surface area (Å²) in [5.41, 5.74) is 15.1. The Morgan fingerprint density at radius 2 is 0.887 bits per heavy atom. The van der Waals surface area contributed by atoms with Crippen molar-refractivity contribution in [3.63, 3.8) is 0 Å². The molecule has 0 unspecified atom stereocenters. The molecule has 20 heteroatoms. The number of nitrogens with one attached hydrogen (secondary N) is 1. The van der Waals surface area contributed by atoms with E-state index in [1.165, 1.54) is 68.1 Å². The van der Waals surface area contributed by atoms with E-state index in [4.69, 9.17) is 25.1 Å². The summed E-state index contributed by atoms with van der Waals surface area (Å²) in [6.45, 7) is 47.4. The molecule has 6 N–H and O–H groups in total. The molecule has 6 aromatic heterocycles. The van der Waals surface area contributed by atoms with Gasteiger partial charge in [-0.1, -0.05) is 97.1 Å². The first kappa shape index (κ1) is 103. The van der Waals surface area contributed by atoms with Crippen LogP contribution in [0.25, 0.3) is 5.76 Å². The first-order valence-electron chi connectivity index (χ1n) is 32.1. The Hall–Kier alpha value is -5.13. The van der Waals surface area contributed by atoms with Crippen LogP contribution in [0.5, 0.6) is 0 Å². The standard InChI is InChI=1S/C12H20N2O.C10H13NO.C8H10BrNO.C8H8BrNO.C8H9NO.C6H6BrN.C4H11N.C4H7O.3C4H9.C2H4O2.3CH4.Sn/c1-9-6-5-7-13-11(9)10(15)8-14-12(2,3)4;1-4-12-9(3)10-8(2)6-5-7-11-10;2*1-6-3-2-4-10-8(6)7(11)5-9;1-6-4-3-5-9-8(6)7(2)10;1-5-3-2-4-8-6(5)7;1-4(2,3)5;1-3-5-4-2;3*1-3-4-2;1-2(3)4;;;;/h5-7,10,14-15H,8H2,1-4H3;5-7H,3-4H2,1-2H3;2-4,7,11H,5H2,1H3;2-4H,5H2,1H3;3-5H,1-2H3;2-4H,1H3;5H2,1-3H3;1,4H2,2H3;3*1,3-4H2,2H3;1H3,(H,3,4);3*1H4;/t10-;;7-;;;;;;;;;;;;;/m0.0............./s1. The van der Waals surface area contributed by atoms with Gasteiger partial charge in [0.15, 0.2) is 11.6 Å². The van der Waals surface area contributed by atoms with Crippen molar-refractivity contribution in [1.82, 2.24) is 35.2 Å². The maximum absolute atomic E-state index is 11.1. The van der Waals surface area contributed by atoms with E-state index in [1.807, 2.05) is 142 Å². The summed E-state index contributed by atoms with van der Waals surface area (Å²) >= 11 is 7.33. The number of carbonyl (C=O) groups excluding carboxylic acids is 2. The van der Waals surface area contributed by atoms with E-state index in [-0.39, 0.29) is 44.9 Å². The van der Waals surface area contributed by atoms with Crippen LogP contribution in [0.2, 0.25) is 13.3 Å². The van der Waals surface area contributed by atoms with E-state index in [2.05, 4.69) is 145 Å². The number of pyridine rings is 6. The summed E-state index contributed by atoms with van der Waals surface area (Å²) in [4.78, 5) is 55.3. The summed E-state index contributed by atoms with van der Waals surface area (Å²) in [5, 5.41) is 30.9. The molecule has 0 saturated heterocycles. The molecule has 0 amide bonds. The second kappa shape index (κ2) is 59.7. The average Bonchev–Trinajstić information content (AvgIpc) is 1.08. The average molecular weight is 1650 g/mol. The minimum absolute atomic E-state index is 0. The van der Waals surface area contributed by atoms with Crippen LogP contribution >= 0.6 is 47.8 Å². The summed E-state index contributed by atoms with van der Waals surface area (Å²) < 4.78 is 17.7. The molecular weight excluding hydrogens is 1520 g/mol. The minimum Gasteiger partial charge on any atom is -0.481 e. The Labute approximate surface area is 617 Å². The number of β-amino-alcohol motifs (C(OH)–C–C–N with tert-alkyl or cyclic N) is 1. The second-order valence-electron chi connectivity index (χ2n) is 24.1. The number of halogens is 3. The number of aliphatic hydroxyl groups excluding tert-OH is 2. The molecule has 548 valence electrons.